The van der Waals surface area contributed by atoms with Crippen LogP contribution >= 0.6 is 0 Å². The summed E-state index contributed by atoms with van der Waals surface area (Å²) in [6.07, 6.45) is 5.21. The molecule has 0 bridgehead atoms. The standard InChI is InChI=1S/C16H18N2O2/c19-15-6-3-7-20-9-13(15)16-12-5-2-1-4-11(12)14-8-17-10-18(14)16/h1-2,4-5,8,10,13,15-16,19H,3,6-7,9H2. The van der Waals surface area contributed by atoms with E-state index in [4.69, 9.17) is 4.74 Å². The van der Waals surface area contributed by atoms with E-state index in [0.29, 0.717) is 6.61 Å². The van der Waals surface area contributed by atoms with Gasteiger partial charge in [-0.3, -0.25) is 0 Å². The van der Waals surface area contributed by atoms with Gasteiger partial charge in [-0.2, -0.15) is 0 Å². The molecule has 1 N–H and O–H groups in total. The summed E-state index contributed by atoms with van der Waals surface area (Å²) in [5.41, 5.74) is 3.65. The van der Waals surface area contributed by atoms with E-state index >= 15 is 0 Å². The lowest BCUT2D eigenvalue weighted by Gasteiger charge is -2.28. The zero-order chi connectivity index (χ0) is 13.5. The lowest BCUT2D eigenvalue weighted by Crippen LogP contribution is -2.31. The highest BCUT2D eigenvalue weighted by Gasteiger charge is 2.38. The van der Waals surface area contributed by atoms with Crippen molar-refractivity contribution in [3.8, 4) is 11.3 Å². The van der Waals surface area contributed by atoms with Crippen molar-refractivity contribution in [1.82, 2.24) is 9.55 Å². The number of aliphatic hydroxyl groups excluding tert-OH is 1. The first-order valence-corrected chi connectivity index (χ1v) is 7.23. The number of benzene rings is 1. The zero-order valence-electron chi connectivity index (χ0n) is 11.3. The minimum atomic E-state index is -0.316. The second-order valence-corrected chi connectivity index (χ2v) is 5.67. The maximum absolute atomic E-state index is 10.5. The van der Waals surface area contributed by atoms with Crippen LogP contribution in [-0.4, -0.2) is 34.0 Å². The number of rotatable bonds is 1. The van der Waals surface area contributed by atoms with Crippen molar-refractivity contribution in [2.75, 3.05) is 13.2 Å². The summed E-state index contributed by atoms with van der Waals surface area (Å²) in [4.78, 5) is 4.28. The van der Waals surface area contributed by atoms with Gasteiger partial charge in [0.2, 0.25) is 0 Å². The molecule has 3 heterocycles. The highest BCUT2D eigenvalue weighted by molar-refractivity contribution is 5.69. The van der Waals surface area contributed by atoms with Crippen molar-refractivity contribution in [2.24, 2.45) is 5.92 Å². The van der Waals surface area contributed by atoms with Crippen molar-refractivity contribution >= 4 is 0 Å². The van der Waals surface area contributed by atoms with Crippen molar-refractivity contribution < 1.29 is 9.84 Å². The molecule has 0 radical (unpaired) electrons. The number of imidazole rings is 1. The van der Waals surface area contributed by atoms with Crippen LogP contribution in [0.15, 0.2) is 36.8 Å². The number of hydrogen-bond acceptors (Lipinski definition) is 3. The van der Waals surface area contributed by atoms with E-state index in [1.165, 1.54) is 11.1 Å². The van der Waals surface area contributed by atoms with E-state index in [2.05, 4.69) is 33.8 Å². The summed E-state index contributed by atoms with van der Waals surface area (Å²) in [5, 5.41) is 10.5. The van der Waals surface area contributed by atoms with Crippen LogP contribution in [0.1, 0.15) is 24.4 Å². The van der Waals surface area contributed by atoms with Crippen molar-refractivity contribution in [2.45, 2.75) is 25.0 Å². The molecule has 4 heteroatoms. The third kappa shape index (κ3) is 1.72. The number of nitrogens with zero attached hydrogens (tertiary/aromatic N) is 2. The first-order valence-electron chi connectivity index (χ1n) is 7.23. The molecule has 1 saturated heterocycles. The molecule has 2 aliphatic rings. The molecule has 0 spiro atoms. The molecule has 0 amide bonds. The van der Waals surface area contributed by atoms with Crippen LogP contribution in [0, 0.1) is 5.92 Å². The first kappa shape index (κ1) is 12.1. The van der Waals surface area contributed by atoms with Crippen LogP contribution in [0.3, 0.4) is 0 Å². The lowest BCUT2D eigenvalue weighted by molar-refractivity contribution is 0.0395. The number of aliphatic hydroxyl groups is 1. The Bertz CT molecular complexity index is 622. The molecule has 2 aliphatic heterocycles. The van der Waals surface area contributed by atoms with Gasteiger partial charge < -0.3 is 14.4 Å². The molecule has 3 unspecified atom stereocenters. The Morgan fingerprint density at radius 2 is 2.20 bits per heavy atom. The number of hydrogen-bond donors (Lipinski definition) is 1. The summed E-state index contributed by atoms with van der Waals surface area (Å²) in [6, 6.07) is 8.54. The third-order valence-corrected chi connectivity index (χ3v) is 4.52. The average Bonchev–Trinajstić information content (AvgIpc) is 2.97. The number of fused-ring (bicyclic) bond motifs is 3. The molecule has 104 valence electrons. The van der Waals surface area contributed by atoms with Crippen molar-refractivity contribution in [3.05, 3.63) is 42.4 Å². The van der Waals surface area contributed by atoms with Gasteiger partial charge in [0.15, 0.2) is 0 Å². The predicted molar refractivity (Wildman–Crippen MR) is 75.4 cm³/mol. The molecule has 4 rings (SSSR count). The summed E-state index contributed by atoms with van der Waals surface area (Å²) in [5.74, 6) is 0.0918. The monoisotopic (exact) mass is 270 g/mol. The van der Waals surface area contributed by atoms with Crippen LogP contribution in [0.25, 0.3) is 11.3 Å². The predicted octanol–water partition coefficient (Wildman–Crippen LogP) is 2.24. The minimum Gasteiger partial charge on any atom is -0.393 e. The van der Waals surface area contributed by atoms with Gasteiger partial charge >= 0.3 is 0 Å². The van der Waals surface area contributed by atoms with Gasteiger partial charge in [-0.15, -0.1) is 0 Å². The van der Waals surface area contributed by atoms with Crippen LogP contribution in [0.5, 0.6) is 0 Å². The van der Waals surface area contributed by atoms with Crippen molar-refractivity contribution in [3.63, 3.8) is 0 Å². The highest BCUT2D eigenvalue weighted by Crippen LogP contribution is 2.44. The average molecular weight is 270 g/mol. The summed E-state index contributed by atoms with van der Waals surface area (Å²) in [6.45, 7) is 1.36. The molecule has 4 nitrogen and oxygen atoms in total. The second-order valence-electron chi connectivity index (χ2n) is 5.67. The van der Waals surface area contributed by atoms with E-state index in [-0.39, 0.29) is 18.1 Å². The Hall–Kier alpha value is -1.65. The quantitative estimate of drug-likeness (QED) is 0.864. The zero-order valence-corrected chi connectivity index (χ0v) is 11.3. The topological polar surface area (TPSA) is 47.3 Å². The van der Waals surface area contributed by atoms with Gasteiger partial charge in [-0.25, -0.2) is 4.98 Å². The van der Waals surface area contributed by atoms with Gasteiger partial charge in [0.1, 0.15) is 0 Å². The van der Waals surface area contributed by atoms with E-state index < -0.39 is 0 Å². The smallest absolute Gasteiger partial charge is 0.0956 e. The summed E-state index contributed by atoms with van der Waals surface area (Å²) >= 11 is 0. The molecule has 0 saturated carbocycles. The molecular weight excluding hydrogens is 252 g/mol. The van der Waals surface area contributed by atoms with Crippen LogP contribution in [-0.2, 0) is 4.74 Å². The second kappa shape index (κ2) is 4.72. The Morgan fingerprint density at radius 1 is 1.30 bits per heavy atom. The molecule has 2 aromatic rings. The third-order valence-electron chi connectivity index (χ3n) is 4.52. The SMILES string of the molecule is OC1CCCOCC1C1c2ccccc2-c2cncn21. The molecule has 1 fully saturated rings. The Morgan fingerprint density at radius 3 is 3.15 bits per heavy atom. The molecular formula is C16H18N2O2. The van der Waals surface area contributed by atoms with Gasteiger partial charge in [0, 0.05) is 18.1 Å². The minimum absolute atomic E-state index is 0.0918. The van der Waals surface area contributed by atoms with E-state index in [1.807, 2.05) is 12.5 Å². The molecule has 0 aliphatic carbocycles. The fraction of sp³-hybridized carbons (Fsp3) is 0.438. The van der Waals surface area contributed by atoms with Crippen LogP contribution < -0.4 is 0 Å². The number of ether oxygens (including phenoxy) is 1. The molecule has 3 atom stereocenters. The largest absolute Gasteiger partial charge is 0.393 e. The van der Waals surface area contributed by atoms with Gasteiger partial charge in [0.05, 0.1) is 37.0 Å². The summed E-state index contributed by atoms with van der Waals surface area (Å²) in [7, 11) is 0. The van der Waals surface area contributed by atoms with Crippen LogP contribution in [0.4, 0.5) is 0 Å². The van der Waals surface area contributed by atoms with Crippen LogP contribution in [0.2, 0.25) is 0 Å². The molecule has 1 aromatic heterocycles. The Kier molecular flexibility index (Phi) is 2.86. The van der Waals surface area contributed by atoms with Gasteiger partial charge in [-0.05, 0) is 18.4 Å². The first-order chi connectivity index (χ1) is 9.86. The Balaban J connectivity index is 1.81. The fourth-order valence-corrected chi connectivity index (χ4v) is 3.55. The molecule has 1 aromatic carbocycles. The van der Waals surface area contributed by atoms with E-state index in [1.54, 1.807) is 0 Å². The van der Waals surface area contributed by atoms with E-state index in [9.17, 15) is 5.11 Å². The number of aromatic nitrogens is 2. The van der Waals surface area contributed by atoms with Gasteiger partial charge in [-0.1, -0.05) is 24.3 Å². The maximum Gasteiger partial charge on any atom is 0.0956 e. The van der Waals surface area contributed by atoms with Crippen molar-refractivity contribution in [1.29, 1.82) is 0 Å². The normalized spacial score (nSPS) is 28.8. The Labute approximate surface area is 118 Å². The van der Waals surface area contributed by atoms with Gasteiger partial charge in [0.25, 0.3) is 0 Å². The summed E-state index contributed by atoms with van der Waals surface area (Å²) < 4.78 is 7.89. The fourth-order valence-electron chi connectivity index (χ4n) is 3.55. The highest BCUT2D eigenvalue weighted by atomic mass is 16.5. The maximum atomic E-state index is 10.5. The lowest BCUT2D eigenvalue weighted by atomic mass is 9.87. The molecule has 20 heavy (non-hydrogen) atoms. The van der Waals surface area contributed by atoms with E-state index in [0.717, 1.165) is 25.1 Å².